The van der Waals surface area contributed by atoms with Crippen molar-refractivity contribution in [3.63, 3.8) is 0 Å². The van der Waals surface area contributed by atoms with E-state index in [2.05, 4.69) is 86.0 Å². The lowest BCUT2D eigenvalue weighted by atomic mass is 9.69. The normalized spacial score (nSPS) is 22.3. The maximum Gasteiger partial charge on any atom is 0.249 e. The molecule has 10 nitrogen and oxygen atoms in total. The molecule has 1 aliphatic carbocycles. The van der Waals surface area contributed by atoms with Crippen molar-refractivity contribution in [2.45, 2.75) is 56.4 Å². The summed E-state index contributed by atoms with van der Waals surface area (Å²) in [5.74, 6) is 1.17. The molecule has 0 bridgehead atoms. The van der Waals surface area contributed by atoms with Gasteiger partial charge in [0, 0.05) is 82.3 Å². The molecule has 292 valence electrons. The number of nitrogens with one attached hydrogen (secondary N) is 2. The zero-order valence-corrected chi connectivity index (χ0v) is 32.4. The number of benzene rings is 4. The lowest BCUT2D eigenvalue weighted by Gasteiger charge is -2.39. The van der Waals surface area contributed by atoms with Crippen LogP contribution in [0.2, 0.25) is 0 Å². The van der Waals surface area contributed by atoms with Crippen LogP contribution in [0.1, 0.15) is 66.2 Å². The number of carbonyl (C=O) groups excluding carboxylic acids is 3. The standard InChI is InChI=1S/C46H54N6O4/c1-49(38-9-5-8-36(29-38)47-42-18-19-43(54)48-46(42)56)44(55)31-51-26-24-50(25-27-51)30-32-20-22-52(23-21-32)37-13-10-34(11-14-37)45-40(33-6-3-2-4-7-33)16-12-35-28-39(53)15-17-41(35)45/h2-11,13-15,17,28-29,32,40,42,45,47,53H,12,16,18-27,30-31H2,1H3,(H,48,54,56)/t40-,42?,45+/m1/s1. The van der Waals surface area contributed by atoms with Gasteiger partial charge in [0.15, 0.2) is 0 Å². The van der Waals surface area contributed by atoms with Gasteiger partial charge in [0.2, 0.25) is 17.7 Å². The van der Waals surface area contributed by atoms with Crippen LogP contribution in [0.25, 0.3) is 0 Å². The fourth-order valence-electron chi connectivity index (χ4n) is 9.32. The van der Waals surface area contributed by atoms with Crippen molar-refractivity contribution in [2.24, 2.45) is 5.92 Å². The number of hydrogen-bond donors (Lipinski definition) is 3. The number of aryl methyl sites for hydroxylation is 1. The number of piperazine rings is 1. The average molecular weight is 755 g/mol. The third-order valence-corrected chi connectivity index (χ3v) is 12.6. The molecule has 4 aliphatic rings. The number of piperidine rings is 2. The summed E-state index contributed by atoms with van der Waals surface area (Å²) in [7, 11) is 1.80. The number of phenolic OH excluding ortho intramolecular Hbond substituents is 1. The number of hydrogen-bond acceptors (Lipinski definition) is 8. The topological polar surface area (TPSA) is 108 Å². The van der Waals surface area contributed by atoms with Crippen LogP contribution >= 0.6 is 0 Å². The Morgan fingerprint density at radius 3 is 2.29 bits per heavy atom. The Kier molecular flexibility index (Phi) is 11.4. The first-order valence-corrected chi connectivity index (χ1v) is 20.4. The molecule has 4 aromatic carbocycles. The van der Waals surface area contributed by atoms with E-state index in [1.54, 1.807) is 11.9 Å². The first-order chi connectivity index (χ1) is 27.3. The first kappa shape index (κ1) is 37.7. The zero-order valence-electron chi connectivity index (χ0n) is 32.4. The van der Waals surface area contributed by atoms with Gasteiger partial charge in [0.25, 0.3) is 0 Å². The predicted molar refractivity (Wildman–Crippen MR) is 221 cm³/mol. The Morgan fingerprint density at radius 1 is 0.786 bits per heavy atom. The Hall–Kier alpha value is -5.19. The van der Waals surface area contributed by atoms with Gasteiger partial charge in [-0.15, -0.1) is 0 Å². The number of fused-ring (bicyclic) bond motifs is 1. The SMILES string of the molecule is CN(C(=O)CN1CCN(CC2CCN(c3ccc([C@@H]4c5ccc(O)cc5CC[C@@H]4c4ccccc4)cc3)CC2)CC1)c1cccc(NC2CCC(=O)NC2=O)c1. The van der Waals surface area contributed by atoms with Crippen molar-refractivity contribution in [3.8, 4) is 5.75 Å². The third kappa shape index (κ3) is 8.61. The summed E-state index contributed by atoms with van der Waals surface area (Å²) in [6, 6.07) is 33.2. The summed E-state index contributed by atoms with van der Waals surface area (Å²) in [5, 5.41) is 15.8. The van der Waals surface area contributed by atoms with Gasteiger partial charge in [-0.05, 0) is 109 Å². The highest BCUT2D eigenvalue weighted by Gasteiger charge is 2.33. The van der Waals surface area contributed by atoms with Gasteiger partial charge in [-0.3, -0.25) is 24.6 Å². The van der Waals surface area contributed by atoms with Crippen molar-refractivity contribution >= 4 is 34.8 Å². The van der Waals surface area contributed by atoms with E-state index in [1.165, 1.54) is 40.8 Å². The van der Waals surface area contributed by atoms with Crippen LogP contribution in [0.15, 0.2) is 97.1 Å². The van der Waals surface area contributed by atoms with Crippen LogP contribution in [-0.4, -0.2) is 98.1 Å². The highest BCUT2D eigenvalue weighted by atomic mass is 16.3. The van der Waals surface area contributed by atoms with Gasteiger partial charge in [0.05, 0.1) is 6.54 Å². The zero-order chi connectivity index (χ0) is 38.6. The van der Waals surface area contributed by atoms with Gasteiger partial charge in [-0.1, -0.05) is 54.6 Å². The highest BCUT2D eigenvalue weighted by molar-refractivity contribution is 6.01. The van der Waals surface area contributed by atoms with E-state index >= 15 is 0 Å². The second kappa shape index (κ2) is 16.9. The molecule has 0 spiro atoms. The summed E-state index contributed by atoms with van der Waals surface area (Å²) in [6.45, 7) is 7.30. The first-order valence-electron chi connectivity index (χ1n) is 20.4. The molecule has 3 saturated heterocycles. The molecule has 56 heavy (non-hydrogen) atoms. The number of aromatic hydroxyl groups is 1. The van der Waals surface area contributed by atoms with Crippen LogP contribution in [0.4, 0.5) is 17.1 Å². The van der Waals surface area contributed by atoms with E-state index in [0.717, 1.165) is 70.0 Å². The molecule has 3 aliphatic heterocycles. The van der Waals surface area contributed by atoms with E-state index in [4.69, 9.17) is 0 Å². The number of anilines is 3. The monoisotopic (exact) mass is 754 g/mol. The Labute approximate surface area is 330 Å². The third-order valence-electron chi connectivity index (χ3n) is 12.6. The molecule has 4 aromatic rings. The smallest absolute Gasteiger partial charge is 0.249 e. The second-order valence-electron chi connectivity index (χ2n) is 16.2. The molecule has 10 heteroatoms. The van der Waals surface area contributed by atoms with Gasteiger partial charge in [0.1, 0.15) is 11.8 Å². The second-order valence-corrected chi connectivity index (χ2v) is 16.2. The van der Waals surface area contributed by atoms with Crippen LogP contribution in [0.5, 0.6) is 5.75 Å². The highest BCUT2D eigenvalue weighted by Crippen LogP contribution is 2.47. The van der Waals surface area contributed by atoms with Gasteiger partial charge < -0.3 is 25.1 Å². The number of nitrogens with zero attached hydrogens (tertiary/aromatic N) is 4. The van der Waals surface area contributed by atoms with Crippen molar-refractivity contribution in [1.29, 1.82) is 0 Å². The number of carbonyl (C=O) groups is 3. The van der Waals surface area contributed by atoms with Gasteiger partial charge in [-0.25, -0.2) is 0 Å². The molecular weight excluding hydrogens is 701 g/mol. The van der Waals surface area contributed by atoms with Crippen molar-refractivity contribution in [2.75, 3.05) is 74.5 Å². The molecule has 3 N–H and O–H groups in total. The van der Waals surface area contributed by atoms with Crippen LogP contribution in [0, 0.1) is 5.92 Å². The van der Waals surface area contributed by atoms with Crippen LogP contribution in [-0.2, 0) is 20.8 Å². The summed E-state index contributed by atoms with van der Waals surface area (Å²) in [5.41, 5.74) is 8.12. The molecule has 3 fully saturated rings. The summed E-state index contributed by atoms with van der Waals surface area (Å²) >= 11 is 0. The van der Waals surface area contributed by atoms with Crippen LogP contribution in [0.3, 0.4) is 0 Å². The number of rotatable bonds is 10. The number of amides is 3. The van der Waals surface area contributed by atoms with E-state index in [9.17, 15) is 19.5 Å². The minimum absolute atomic E-state index is 0.0388. The van der Waals surface area contributed by atoms with E-state index in [-0.39, 0.29) is 23.6 Å². The summed E-state index contributed by atoms with van der Waals surface area (Å²) in [6.07, 6.45) is 5.16. The lowest BCUT2D eigenvalue weighted by molar-refractivity contribution is -0.133. The van der Waals surface area contributed by atoms with Crippen molar-refractivity contribution < 1.29 is 19.5 Å². The predicted octanol–water partition coefficient (Wildman–Crippen LogP) is 5.97. The molecule has 0 aromatic heterocycles. The molecule has 3 amide bonds. The summed E-state index contributed by atoms with van der Waals surface area (Å²) in [4.78, 5) is 46.1. The molecule has 0 radical (unpaired) electrons. The van der Waals surface area contributed by atoms with E-state index < -0.39 is 6.04 Å². The molecule has 8 rings (SSSR count). The molecule has 1 unspecified atom stereocenters. The Bertz CT molecular complexity index is 2010. The van der Waals surface area contributed by atoms with Crippen molar-refractivity contribution in [1.82, 2.24) is 15.1 Å². The minimum Gasteiger partial charge on any atom is -0.508 e. The fourth-order valence-corrected chi connectivity index (χ4v) is 9.32. The lowest BCUT2D eigenvalue weighted by Crippen LogP contribution is -2.51. The quantitative estimate of drug-likeness (QED) is 0.170. The molecular formula is C46H54N6O4. The number of likely N-dealkylation sites (N-methyl/N-ethyl adjacent to an activating group) is 1. The maximum absolute atomic E-state index is 13.3. The number of imide groups is 1. The molecule has 0 saturated carbocycles. The van der Waals surface area contributed by atoms with Crippen LogP contribution < -0.4 is 20.4 Å². The summed E-state index contributed by atoms with van der Waals surface area (Å²) < 4.78 is 0. The van der Waals surface area contributed by atoms with E-state index in [0.29, 0.717) is 37.0 Å². The largest absolute Gasteiger partial charge is 0.508 e. The Morgan fingerprint density at radius 2 is 1.54 bits per heavy atom. The molecule has 3 atom stereocenters. The Balaban J connectivity index is 0.798. The average Bonchev–Trinajstić information content (AvgIpc) is 3.22. The fraction of sp³-hybridized carbons (Fsp3) is 0.413. The van der Waals surface area contributed by atoms with Gasteiger partial charge >= 0.3 is 0 Å². The number of phenols is 1. The maximum atomic E-state index is 13.3. The van der Waals surface area contributed by atoms with Crippen molar-refractivity contribution in [3.05, 3.63) is 119 Å². The molecule has 3 heterocycles. The van der Waals surface area contributed by atoms with Gasteiger partial charge in [-0.2, -0.15) is 0 Å². The van der Waals surface area contributed by atoms with E-state index in [1.807, 2.05) is 36.4 Å². The minimum atomic E-state index is -0.469.